The number of hydrogen-bond donors (Lipinski definition) is 4. The van der Waals surface area contributed by atoms with Crippen LogP contribution >= 0.6 is 0 Å². The maximum atomic E-state index is 14.2. The molecule has 0 radical (unpaired) electrons. The SMILES string of the molecule is C=C1C2(C)CC(C)(CC3C(N)C=C(O)C1(O)C1C3C3(C)CC1(C(C)N)C1CC3CC1C(C)(C)C1OC1CC)C1CC2C2C1C1(C)C=CCC2(C)C1. The van der Waals surface area contributed by atoms with Crippen LogP contribution in [0.15, 0.2) is 36.1 Å². The predicted molar refractivity (Wildman–Crippen MR) is 203 cm³/mol. The Bertz CT molecular complexity index is 1650. The van der Waals surface area contributed by atoms with Gasteiger partial charge in [0, 0.05) is 18.0 Å². The summed E-state index contributed by atoms with van der Waals surface area (Å²) in [6.45, 7) is 27.4. The Morgan fingerprint density at radius 3 is 2.37 bits per heavy atom. The van der Waals surface area contributed by atoms with Crippen LogP contribution in [-0.2, 0) is 4.74 Å². The molecule has 1 saturated heterocycles. The van der Waals surface area contributed by atoms with Gasteiger partial charge in [0.25, 0.3) is 0 Å². The molecular weight excluding hydrogens is 629 g/mol. The Labute approximate surface area is 308 Å². The van der Waals surface area contributed by atoms with Crippen LogP contribution in [0.5, 0.6) is 0 Å². The average molecular weight is 699 g/mol. The number of rotatable bonds is 4. The average Bonchev–Trinajstić information content (AvgIpc) is 3.40. The van der Waals surface area contributed by atoms with Gasteiger partial charge in [0.1, 0.15) is 11.4 Å². The Morgan fingerprint density at radius 2 is 1.71 bits per heavy atom. The van der Waals surface area contributed by atoms with Gasteiger partial charge in [-0.15, -0.1) is 0 Å². The smallest absolute Gasteiger partial charge is 0.146 e. The molecule has 282 valence electrons. The normalized spacial score (nSPS) is 63.5. The molecule has 0 aromatic heterocycles. The Hall–Kier alpha value is -1.14. The predicted octanol–water partition coefficient (Wildman–Crippen LogP) is 8.57. The van der Waals surface area contributed by atoms with Gasteiger partial charge in [-0.2, -0.15) is 0 Å². The minimum atomic E-state index is -1.58. The van der Waals surface area contributed by atoms with Crippen molar-refractivity contribution in [3.05, 3.63) is 36.1 Å². The molecule has 5 nitrogen and oxygen atoms in total. The number of allylic oxidation sites excluding steroid dienone is 2. The van der Waals surface area contributed by atoms with Gasteiger partial charge in [-0.05, 0) is 168 Å². The summed E-state index contributed by atoms with van der Waals surface area (Å²) in [4.78, 5) is 0. The lowest BCUT2D eigenvalue weighted by Crippen LogP contribution is -2.61. The van der Waals surface area contributed by atoms with Crippen LogP contribution in [0.25, 0.3) is 0 Å². The molecule has 10 rings (SSSR count). The van der Waals surface area contributed by atoms with Crippen LogP contribution in [0.4, 0.5) is 0 Å². The lowest BCUT2D eigenvalue weighted by molar-refractivity contribution is -0.113. The van der Waals surface area contributed by atoms with Crippen molar-refractivity contribution in [1.29, 1.82) is 0 Å². The zero-order chi connectivity index (χ0) is 36.4. The highest BCUT2D eigenvalue weighted by Crippen LogP contribution is 2.84. The molecule has 0 aromatic carbocycles. The van der Waals surface area contributed by atoms with E-state index in [1.165, 1.54) is 19.3 Å². The van der Waals surface area contributed by atoms with E-state index in [0.717, 1.165) is 44.1 Å². The second kappa shape index (κ2) is 9.62. The summed E-state index contributed by atoms with van der Waals surface area (Å²) >= 11 is 0. The lowest BCUT2D eigenvalue weighted by Gasteiger charge is -2.59. The molecule has 51 heavy (non-hydrogen) atoms. The molecule has 1 heterocycles. The molecule has 1 aliphatic heterocycles. The van der Waals surface area contributed by atoms with Gasteiger partial charge in [0.05, 0.1) is 12.2 Å². The lowest BCUT2D eigenvalue weighted by atomic mass is 9.47. The molecule has 21 atom stereocenters. The van der Waals surface area contributed by atoms with E-state index in [1.807, 2.05) is 6.08 Å². The number of nitrogens with two attached hydrogens (primary N) is 2. The van der Waals surface area contributed by atoms with Crippen LogP contribution < -0.4 is 11.5 Å². The fourth-order valence-corrected chi connectivity index (χ4v) is 19.2. The van der Waals surface area contributed by atoms with Gasteiger partial charge in [-0.25, -0.2) is 0 Å². The first-order valence-electron chi connectivity index (χ1n) is 21.4. The fraction of sp³-hybridized carbons (Fsp3) is 0.870. The summed E-state index contributed by atoms with van der Waals surface area (Å²) < 4.78 is 6.40. The molecular formula is C46H70N2O3. The van der Waals surface area contributed by atoms with E-state index in [1.54, 1.807) is 0 Å². The Balaban J connectivity index is 1.20. The maximum Gasteiger partial charge on any atom is 0.146 e. The van der Waals surface area contributed by atoms with E-state index >= 15 is 0 Å². The van der Waals surface area contributed by atoms with Gasteiger partial charge >= 0.3 is 0 Å². The van der Waals surface area contributed by atoms with Crippen molar-refractivity contribution in [2.75, 3.05) is 0 Å². The third kappa shape index (κ3) is 3.63. The standard InChI is InChI=1S/C46H70N2O3/c1-11-32-38(51-32)39(4,5)27-15-25-16-28(27)45(24(3)47)22-44(25,10)34-26-19-42(8)21-43(9,23(2)46(50,37(34)45)33(49)18-31(26)48)30-17-29(42)35-36(30)41(7)14-12-13-40(35,6)20-41/h12-13,18,24-32,34-38,49-50H,2,11,14-17,19-22,47-48H2,1,3-10H3. The van der Waals surface area contributed by atoms with Gasteiger partial charge in [-0.3, -0.25) is 0 Å². The van der Waals surface area contributed by atoms with Crippen LogP contribution in [-0.4, -0.2) is 40.1 Å². The van der Waals surface area contributed by atoms with Crippen LogP contribution in [0.1, 0.15) is 120 Å². The first kappa shape index (κ1) is 34.4. The molecule has 0 spiro atoms. The second-order valence-electron chi connectivity index (χ2n) is 23.2. The summed E-state index contributed by atoms with van der Waals surface area (Å²) in [5.41, 5.74) is 14.1. The minimum Gasteiger partial charge on any atom is -0.509 e. The largest absolute Gasteiger partial charge is 0.509 e. The van der Waals surface area contributed by atoms with Crippen molar-refractivity contribution < 1.29 is 14.9 Å². The van der Waals surface area contributed by atoms with Gasteiger partial charge < -0.3 is 26.4 Å². The first-order valence-corrected chi connectivity index (χ1v) is 21.4. The molecule has 21 unspecified atom stereocenters. The number of aliphatic hydroxyl groups is 2. The highest BCUT2D eigenvalue weighted by molar-refractivity contribution is 5.44. The fourth-order valence-electron chi connectivity index (χ4n) is 19.2. The van der Waals surface area contributed by atoms with Crippen molar-refractivity contribution in [2.45, 2.75) is 150 Å². The van der Waals surface area contributed by atoms with E-state index in [2.05, 4.69) is 74.5 Å². The summed E-state index contributed by atoms with van der Waals surface area (Å²) in [5.74, 6) is 3.82. The van der Waals surface area contributed by atoms with E-state index < -0.39 is 5.60 Å². The number of fused-ring (bicyclic) bond motifs is 19. The van der Waals surface area contributed by atoms with Gasteiger partial charge in [0.2, 0.25) is 0 Å². The van der Waals surface area contributed by atoms with Crippen molar-refractivity contribution in [3.8, 4) is 0 Å². The molecule has 0 aromatic rings. The first-order chi connectivity index (χ1) is 23.7. The van der Waals surface area contributed by atoms with Gasteiger partial charge in [-0.1, -0.05) is 74.1 Å². The van der Waals surface area contributed by atoms with Gasteiger partial charge in [0.15, 0.2) is 0 Å². The molecule has 7 saturated carbocycles. The Morgan fingerprint density at radius 1 is 0.980 bits per heavy atom. The molecule has 5 heteroatoms. The maximum absolute atomic E-state index is 14.2. The van der Waals surface area contributed by atoms with E-state index in [-0.39, 0.29) is 79.6 Å². The zero-order valence-electron chi connectivity index (χ0n) is 33.3. The van der Waals surface area contributed by atoms with Crippen LogP contribution in [0, 0.1) is 97.1 Å². The van der Waals surface area contributed by atoms with Crippen molar-refractivity contribution in [3.63, 3.8) is 0 Å². The zero-order valence-corrected chi connectivity index (χ0v) is 33.3. The molecule has 6 N–H and O–H groups in total. The topological polar surface area (TPSA) is 105 Å². The summed E-state index contributed by atoms with van der Waals surface area (Å²) in [5, 5.41) is 26.9. The van der Waals surface area contributed by atoms with E-state index in [9.17, 15) is 10.2 Å². The monoisotopic (exact) mass is 699 g/mol. The molecule has 8 fully saturated rings. The third-order valence-corrected chi connectivity index (χ3v) is 20.8. The Kier molecular flexibility index (Phi) is 6.48. The molecule has 9 aliphatic carbocycles. The number of aliphatic hydroxyl groups excluding tert-OH is 1. The van der Waals surface area contributed by atoms with E-state index in [0.29, 0.717) is 47.5 Å². The highest BCUT2D eigenvalue weighted by Gasteiger charge is 2.82. The third-order valence-electron chi connectivity index (χ3n) is 20.8. The van der Waals surface area contributed by atoms with E-state index in [4.69, 9.17) is 22.8 Å². The van der Waals surface area contributed by atoms with Crippen molar-refractivity contribution >= 4 is 0 Å². The summed E-state index contributed by atoms with van der Waals surface area (Å²) in [7, 11) is 0. The van der Waals surface area contributed by atoms with Crippen LogP contribution in [0.2, 0.25) is 0 Å². The van der Waals surface area contributed by atoms with Crippen molar-refractivity contribution in [1.82, 2.24) is 0 Å². The highest BCUT2D eigenvalue weighted by atomic mass is 16.6. The van der Waals surface area contributed by atoms with Crippen LogP contribution in [0.3, 0.4) is 0 Å². The second-order valence-corrected chi connectivity index (χ2v) is 23.2. The quantitative estimate of drug-likeness (QED) is 0.134. The molecule has 0 amide bonds. The number of ether oxygens (including phenoxy) is 1. The molecule has 12 bridgehead atoms. The number of hydrogen-bond acceptors (Lipinski definition) is 5. The van der Waals surface area contributed by atoms with Crippen molar-refractivity contribution in [2.24, 2.45) is 109 Å². The summed E-state index contributed by atoms with van der Waals surface area (Å²) in [6.07, 6.45) is 17.8. The minimum absolute atomic E-state index is 0.0177. The molecule has 10 aliphatic rings. The number of epoxide rings is 1. The summed E-state index contributed by atoms with van der Waals surface area (Å²) in [6, 6.07) is -0.454.